The molecule has 3 aliphatic rings. The van der Waals surface area contributed by atoms with Crippen molar-refractivity contribution in [3.05, 3.63) is 41.5 Å². The van der Waals surface area contributed by atoms with E-state index in [0.717, 1.165) is 50.9 Å². The molecular formula is C29H48FNO4S. The van der Waals surface area contributed by atoms with Crippen LogP contribution in [0, 0.1) is 19.8 Å². The third-order valence-corrected chi connectivity index (χ3v) is 9.17. The predicted octanol–water partition coefficient (Wildman–Crippen LogP) is 6.25. The van der Waals surface area contributed by atoms with Crippen molar-refractivity contribution in [2.75, 3.05) is 18.8 Å². The van der Waals surface area contributed by atoms with Gasteiger partial charge < -0.3 is 9.84 Å². The first-order chi connectivity index (χ1) is 16.9. The van der Waals surface area contributed by atoms with Gasteiger partial charge in [-0.15, -0.1) is 10.5 Å². The molecule has 1 saturated carbocycles. The number of nitrogens with zero attached hydrogens (tertiary/aromatic N) is 1. The summed E-state index contributed by atoms with van der Waals surface area (Å²) < 4.78 is 38.0. The first-order valence-electron chi connectivity index (χ1n) is 13.7. The van der Waals surface area contributed by atoms with Crippen LogP contribution in [0.3, 0.4) is 0 Å². The topological polar surface area (TPSA) is 66.8 Å². The molecule has 206 valence electrons. The summed E-state index contributed by atoms with van der Waals surface area (Å²) in [5.74, 6) is 1.19. The van der Waals surface area contributed by atoms with Gasteiger partial charge in [-0.2, -0.15) is 8.42 Å². The van der Waals surface area contributed by atoms with E-state index in [9.17, 15) is 17.4 Å². The number of aliphatic hydroxyl groups is 1. The van der Waals surface area contributed by atoms with Crippen LogP contribution in [-0.2, 0) is 15.6 Å². The van der Waals surface area contributed by atoms with Gasteiger partial charge in [0.1, 0.15) is 11.9 Å². The van der Waals surface area contributed by atoms with Crippen LogP contribution >= 0.6 is 0 Å². The van der Waals surface area contributed by atoms with Crippen molar-refractivity contribution >= 4 is 10.2 Å². The van der Waals surface area contributed by atoms with Gasteiger partial charge in [0.2, 0.25) is 0 Å². The van der Waals surface area contributed by atoms with E-state index in [1.165, 1.54) is 16.7 Å². The number of halogens is 1. The minimum absolute atomic E-state index is 0.0781. The first kappa shape index (κ1) is 30.8. The van der Waals surface area contributed by atoms with Crippen LogP contribution in [0.4, 0.5) is 3.89 Å². The second-order valence-electron chi connectivity index (χ2n) is 10.5. The van der Waals surface area contributed by atoms with Crippen LogP contribution < -0.4 is 4.74 Å². The number of aryl methyl sites for hydroxylation is 2. The maximum Gasteiger partial charge on any atom is 0.302 e. The summed E-state index contributed by atoms with van der Waals surface area (Å²) in [7, 11) is -4.20. The number of fused-ring (bicyclic) bond motifs is 1. The van der Waals surface area contributed by atoms with Crippen molar-refractivity contribution in [3.63, 3.8) is 0 Å². The van der Waals surface area contributed by atoms with Gasteiger partial charge in [-0.1, -0.05) is 58.7 Å². The van der Waals surface area contributed by atoms with Gasteiger partial charge in [0.25, 0.3) is 0 Å². The lowest BCUT2D eigenvalue weighted by atomic mass is 9.51. The molecule has 0 amide bonds. The van der Waals surface area contributed by atoms with E-state index in [0.29, 0.717) is 12.3 Å². The number of rotatable bonds is 6. The Hall–Kier alpha value is -1.44. The SMILES string of the molecule is C=CCN1CCC23c4c(C)ccc(C)c4OC2C(C)CCC3(O)C1C.CC.CCCCCS(=O)(=O)F. The molecule has 5 atom stereocenters. The lowest BCUT2D eigenvalue weighted by Gasteiger charge is -2.61. The molecule has 1 saturated heterocycles. The summed E-state index contributed by atoms with van der Waals surface area (Å²) in [6.07, 6.45) is 6.98. The summed E-state index contributed by atoms with van der Waals surface area (Å²) in [4.78, 5) is 2.38. The molecule has 1 aromatic rings. The molecule has 1 spiro atoms. The average molecular weight is 526 g/mol. The normalized spacial score (nSPS) is 30.9. The highest BCUT2D eigenvalue weighted by Gasteiger charge is 2.69. The molecule has 7 heteroatoms. The molecule has 1 N–H and O–H groups in total. The highest BCUT2D eigenvalue weighted by molar-refractivity contribution is 7.86. The molecular weight excluding hydrogens is 477 g/mol. The summed E-state index contributed by atoms with van der Waals surface area (Å²) in [6.45, 7) is 20.5. The second kappa shape index (κ2) is 12.4. The first-order valence-corrected chi connectivity index (χ1v) is 15.2. The number of hydrogen-bond acceptors (Lipinski definition) is 5. The number of hydrogen-bond donors (Lipinski definition) is 1. The molecule has 4 rings (SSSR count). The van der Waals surface area contributed by atoms with E-state index in [-0.39, 0.29) is 23.3 Å². The van der Waals surface area contributed by atoms with Crippen molar-refractivity contribution in [1.82, 2.24) is 4.90 Å². The molecule has 5 nitrogen and oxygen atoms in total. The fourth-order valence-corrected chi connectivity index (χ4v) is 7.12. The monoisotopic (exact) mass is 525 g/mol. The van der Waals surface area contributed by atoms with Gasteiger partial charge in [0.15, 0.2) is 0 Å². The molecule has 0 aromatic heterocycles. The zero-order valence-corrected chi connectivity index (χ0v) is 24.3. The van der Waals surface area contributed by atoms with Crippen molar-refractivity contribution < 1.29 is 22.1 Å². The summed E-state index contributed by atoms with van der Waals surface area (Å²) in [5, 5.41) is 12.1. The maximum absolute atomic E-state index is 12.1. The zero-order chi connectivity index (χ0) is 27.3. The Bertz CT molecular complexity index is 997. The van der Waals surface area contributed by atoms with Gasteiger partial charge in [-0.3, -0.25) is 4.90 Å². The zero-order valence-electron chi connectivity index (χ0n) is 23.4. The third-order valence-electron chi connectivity index (χ3n) is 8.40. The van der Waals surface area contributed by atoms with Crippen molar-refractivity contribution in [2.24, 2.45) is 5.92 Å². The highest BCUT2D eigenvalue weighted by Crippen LogP contribution is 2.62. The van der Waals surface area contributed by atoms with Crippen molar-refractivity contribution in [2.45, 2.75) is 110 Å². The molecule has 2 heterocycles. The Morgan fingerprint density at radius 3 is 2.42 bits per heavy atom. The molecule has 2 aliphatic heterocycles. The van der Waals surface area contributed by atoms with Crippen molar-refractivity contribution in [3.8, 4) is 5.75 Å². The maximum atomic E-state index is 12.1. The van der Waals surface area contributed by atoms with E-state index in [1.807, 2.05) is 26.8 Å². The number of likely N-dealkylation sites (tertiary alicyclic amines) is 1. The molecule has 36 heavy (non-hydrogen) atoms. The van der Waals surface area contributed by atoms with Crippen LogP contribution in [0.1, 0.15) is 89.8 Å². The Balaban J connectivity index is 0.000000354. The van der Waals surface area contributed by atoms with E-state index >= 15 is 0 Å². The van der Waals surface area contributed by atoms with E-state index in [2.05, 4.69) is 51.3 Å². The fourth-order valence-electron chi connectivity index (χ4n) is 6.57. The van der Waals surface area contributed by atoms with Crippen LogP contribution in [0.2, 0.25) is 0 Å². The number of ether oxygens (including phenoxy) is 1. The van der Waals surface area contributed by atoms with Gasteiger partial charge in [0, 0.05) is 18.2 Å². The third kappa shape index (κ3) is 5.68. The molecule has 5 unspecified atom stereocenters. The minimum Gasteiger partial charge on any atom is -0.489 e. The number of unbranched alkanes of at least 4 members (excludes halogenated alkanes) is 2. The summed E-state index contributed by atoms with van der Waals surface area (Å²) in [5.41, 5.74) is 2.71. The van der Waals surface area contributed by atoms with E-state index in [4.69, 9.17) is 4.74 Å². The molecule has 1 aliphatic carbocycles. The molecule has 0 bridgehead atoms. The fraction of sp³-hybridized carbons (Fsp3) is 0.724. The molecule has 2 fully saturated rings. The Morgan fingerprint density at radius 2 is 1.83 bits per heavy atom. The average Bonchev–Trinajstić information content (AvgIpc) is 3.20. The Labute approximate surface area is 219 Å². The Morgan fingerprint density at radius 1 is 1.19 bits per heavy atom. The standard InChI is InChI=1S/C22H31NO2.C5H11FO2S.C2H6/c1-6-12-23-13-11-21-18-14(2)7-8-15(3)19(18)25-20(21)16(4)9-10-22(21,24)17(23)5;1-2-3-4-5-9(6,7)8;1-2/h6-8,16-17,20,24H,1,9-13H2,2-5H3;2-5H2,1H3;1-2H3. The number of benzene rings is 1. The van der Waals surface area contributed by atoms with Crippen LogP contribution in [0.5, 0.6) is 5.75 Å². The summed E-state index contributed by atoms with van der Waals surface area (Å²) >= 11 is 0. The lowest BCUT2D eigenvalue weighted by Crippen LogP contribution is -2.73. The highest BCUT2D eigenvalue weighted by atomic mass is 32.3. The van der Waals surface area contributed by atoms with Crippen LogP contribution in [0.15, 0.2) is 24.8 Å². The van der Waals surface area contributed by atoms with Crippen LogP contribution in [-0.4, -0.2) is 55.0 Å². The van der Waals surface area contributed by atoms with E-state index in [1.54, 1.807) is 0 Å². The van der Waals surface area contributed by atoms with Gasteiger partial charge >= 0.3 is 10.2 Å². The van der Waals surface area contributed by atoms with Gasteiger partial charge in [-0.05, 0) is 70.0 Å². The molecule has 1 aromatic carbocycles. The Kier molecular flexibility index (Phi) is 10.6. The quantitative estimate of drug-likeness (QED) is 0.270. The second-order valence-corrected chi connectivity index (χ2v) is 12.0. The predicted molar refractivity (Wildman–Crippen MR) is 147 cm³/mol. The molecule has 0 radical (unpaired) electrons. The van der Waals surface area contributed by atoms with Crippen LogP contribution in [0.25, 0.3) is 0 Å². The van der Waals surface area contributed by atoms with Gasteiger partial charge in [-0.25, -0.2) is 0 Å². The lowest BCUT2D eigenvalue weighted by molar-refractivity contribution is -0.184. The largest absolute Gasteiger partial charge is 0.489 e. The van der Waals surface area contributed by atoms with Gasteiger partial charge in [0.05, 0.1) is 16.8 Å². The number of piperidine rings is 1. The van der Waals surface area contributed by atoms with E-state index < -0.39 is 15.8 Å². The van der Waals surface area contributed by atoms with Crippen molar-refractivity contribution in [1.29, 1.82) is 0 Å². The minimum atomic E-state index is -4.20. The summed E-state index contributed by atoms with van der Waals surface area (Å²) in [6, 6.07) is 4.46. The smallest absolute Gasteiger partial charge is 0.302 e.